The van der Waals surface area contributed by atoms with Crippen LogP contribution in [-0.2, 0) is 27.4 Å². The predicted octanol–water partition coefficient (Wildman–Crippen LogP) is 3.67. The van der Waals surface area contributed by atoms with Gasteiger partial charge in [0.1, 0.15) is 6.07 Å². The van der Waals surface area contributed by atoms with Gasteiger partial charge < -0.3 is 14.7 Å². The van der Waals surface area contributed by atoms with E-state index in [9.17, 15) is 32.0 Å². The van der Waals surface area contributed by atoms with E-state index >= 15 is 0 Å². The maximum atomic E-state index is 13.0. The summed E-state index contributed by atoms with van der Waals surface area (Å²) in [6.45, 7) is 3.10. The number of ether oxygens (including phenoxy) is 1. The van der Waals surface area contributed by atoms with Crippen molar-refractivity contribution in [3.8, 4) is 6.07 Å². The Kier molecular flexibility index (Phi) is 10.6. The van der Waals surface area contributed by atoms with Gasteiger partial charge in [-0.15, -0.1) is 0 Å². The van der Waals surface area contributed by atoms with E-state index in [0.717, 1.165) is 35.5 Å². The molecule has 2 atom stereocenters. The molecule has 8 nitrogen and oxygen atoms in total. The van der Waals surface area contributed by atoms with Crippen LogP contribution in [0.15, 0.2) is 83.8 Å². The third-order valence-corrected chi connectivity index (χ3v) is 8.51. The number of sulfonamides is 1. The Morgan fingerprint density at radius 2 is 1.57 bits per heavy atom. The summed E-state index contributed by atoms with van der Waals surface area (Å²) in [6, 6.07) is 21.4. The van der Waals surface area contributed by atoms with Gasteiger partial charge in [-0.1, -0.05) is 42.5 Å². The highest BCUT2D eigenvalue weighted by Crippen LogP contribution is 2.29. The number of piperazine rings is 1. The first kappa shape index (κ1) is 31.5. The molecular formula is C30H33F3N4O4S. The number of hydrogen-bond acceptors (Lipinski definition) is 7. The van der Waals surface area contributed by atoms with Crippen LogP contribution in [0.25, 0.3) is 0 Å². The molecule has 0 unspecified atom stereocenters. The second-order valence-electron chi connectivity index (χ2n) is 10.1. The molecule has 3 aromatic rings. The third-order valence-electron chi connectivity index (χ3n) is 6.97. The van der Waals surface area contributed by atoms with Crippen LogP contribution in [0.2, 0.25) is 0 Å². The summed E-state index contributed by atoms with van der Waals surface area (Å²) >= 11 is 0. The zero-order chi connectivity index (χ0) is 30.2. The number of nitrogens with zero attached hydrogens (tertiary/aromatic N) is 3. The number of β-amino-alcohol motifs (C(OH)–C–C–N with tert-alkyl or cyclic N) is 1. The molecule has 1 heterocycles. The van der Waals surface area contributed by atoms with Crippen molar-refractivity contribution in [2.45, 2.75) is 29.6 Å². The number of aliphatic hydroxyl groups excluding tert-OH is 1. The number of benzene rings is 3. The Balaban J connectivity index is 1.30. The van der Waals surface area contributed by atoms with Gasteiger partial charge in [0.2, 0.25) is 10.0 Å². The Labute approximate surface area is 244 Å². The van der Waals surface area contributed by atoms with Gasteiger partial charge in [0.05, 0.1) is 41.0 Å². The molecule has 0 saturated carbocycles. The van der Waals surface area contributed by atoms with Crippen LogP contribution in [0.4, 0.5) is 18.9 Å². The molecule has 4 rings (SSSR count). The van der Waals surface area contributed by atoms with E-state index in [1.54, 1.807) is 6.07 Å². The van der Waals surface area contributed by atoms with Crippen molar-refractivity contribution >= 4 is 15.7 Å². The zero-order valence-corrected chi connectivity index (χ0v) is 23.7. The number of hydrogen-bond donors (Lipinski definition) is 2. The van der Waals surface area contributed by atoms with E-state index in [1.807, 2.05) is 48.5 Å². The lowest BCUT2D eigenvalue weighted by Gasteiger charge is -2.37. The standard InChI is InChI=1S/C30H33F3N4O4S/c31-30(32,33)25-10-12-28(13-11-25)42(39,40)35-26(18-23-6-2-1-3-7-23)21-41-22-27(38)20-36-14-16-37(17-15-36)29-9-5-4-8-24(29)19-34/h1-13,26-27,35,38H,14-18,20-22H2/t26-,27-/m1/s1. The summed E-state index contributed by atoms with van der Waals surface area (Å²) in [4.78, 5) is 3.97. The van der Waals surface area contributed by atoms with Crippen LogP contribution in [0.5, 0.6) is 0 Å². The average Bonchev–Trinajstić information content (AvgIpc) is 2.97. The molecular weight excluding hydrogens is 569 g/mol. The monoisotopic (exact) mass is 602 g/mol. The number of halogens is 3. The molecule has 224 valence electrons. The topological polar surface area (TPSA) is 106 Å². The van der Waals surface area contributed by atoms with E-state index in [1.165, 1.54) is 0 Å². The maximum Gasteiger partial charge on any atom is 0.416 e. The normalized spacial score (nSPS) is 16.1. The van der Waals surface area contributed by atoms with Crippen LogP contribution in [0.1, 0.15) is 16.7 Å². The first-order chi connectivity index (χ1) is 20.0. The lowest BCUT2D eigenvalue weighted by molar-refractivity contribution is -0.137. The van der Waals surface area contributed by atoms with Crippen LogP contribution < -0.4 is 9.62 Å². The SMILES string of the molecule is N#Cc1ccccc1N1CCN(C[C@@H](O)COC[C@@H](Cc2ccccc2)NS(=O)(=O)c2ccc(C(F)(F)F)cc2)CC1. The summed E-state index contributed by atoms with van der Waals surface area (Å²) in [6.07, 6.45) is -5.11. The van der Waals surface area contributed by atoms with Crippen molar-refractivity contribution in [2.24, 2.45) is 0 Å². The molecule has 42 heavy (non-hydrogen) atoms. The Morgan fingerprint density at radius 3 is 2.21 bits per heavy atom. The molecule has 0 amide bonds. The summed E-state index contributed by atoms with van der Waals surface area (Å²) < 4.78 is 73.0. The smallest absolute Gasteiger partial charge is 0.389 e. The fourth-order valence-electron chi connectivity index (χ4n) is 4.86. The van der Waals surface area contributed by atoms with Gasteiger partial charge in [0, 0.05) is 38.8 Å². The highest BCUT2D eigenvalue weighted by molar-refractivity contribution is 7.89. The van der Waals surface area contributed by atoms with Crippen LogP contribution in [0, 0.1) is 11.3 Å². The van der Waals surface area contributed by atoms with E-state index in [4.69, 9.17) is 4.74 Å². The van der Waals surface area contributed by atoms with Gasteiger partial charge in [0.15, 0.2) is 0 Å². The van der Waals surface area contributed by atoms with Gasteiger partial charge in [-0.2, -0.15) is 18.4 Å². The van der Waals surface area contributed by atoms with Gasteiger partial charge in [-0.25, -0.2) is 13.1 Å². The molecule has 3 aromatic carbocycles. The first-order valence-corrected chi connectivity index (χ1v) is 15.0. The molecule has 0 aromatic heterocycles. The van der Waals surface area contributed by atoms with Crippen molar-refractivity contribution in [1.82, 2.24) is 9.62 Å². The predicted molar refractivity (Wildman–Crippen MR) is 152 cm³/mol. The van der Waals surface area contributed by atoms with Gasteiger partial charge in [0.25, 0.3) is 0 Å². The summed E-state index contributed by atoms with van der Waals surface area (Å²) in [5, 5.41) is 20.0. The number of nitrogens with one attached hydrogen (secondary N) is 1. The third kappa shape index (κ3) is 8.77. The van der Waals surface area contributed by atoms with Crippen molar-refractivity contribution in [1.29, 1.82) is 5.26 Å². The van der Waals surface area contributed by atoms with Crippen molar-refractivity contribution in [3.63, 3.8) is 0 Å². The highest BCUT2D eigenvalue weighted by atomic mass is 32.2. The molecule has 0 spiro atoms. The highest BCUT2D eigenvalue weighted by Gasteiger charge is 2.31. The van der Waals surface area contributed by atoms with E-state index in [-0.39, 0.29) is 24.5 Å². The Morgan fingerprint density at radius 1 is 0.929 bits per heavy atom. The quantitative estimate of drug-likeness (QED) is 0.326. The Bertz CT molecular complexity index is 1440. The summed E-state index contributed by atoms with van der Waals surface area (Å²) in [7, 11) is -4.14. The number of nitriles is 1. The average molecular weight is 603 g/mol. The molecule has 0 bridgehead atoms. The van der Waals surface area contributed by atoms with Crippen LogP contribution >= 0.6 is 0 Å². The van der Waals surface area contributed by atoms with E-state index in [2.05, 4.69) is 20.6 Å². The molecule has 1 saturated heterocycles. The molecule has 1 aliphatic heterocycles. The maximum absolute atomic E-state index is 13.0. The summed E-state index contributed by atoms with van der Waals surface area (Å²) in [5.74, 6) is 0. The van der Waals surface area contributed by atoms with Crippen molar-refractivity contribution < 1.29 is 31.4 Å². The minimum absolute atomic E-state index is 0.0230. The van der Waals surface area contributed by atoms with E-state index in [0.29, 0.717) is 38.3 Å². The second kappa shape index (κ2) is 14.1. The van der Waals surface area contributed by atoms with Gasteiger partial charge in [-0.3, -0.25) is 4.90 Å². The Hall–Kier alpha value is -3.47. The molecule has 1 fully saturated rings. The lowest BCUT2D eigenvalue weighted by Crippen LogP contribution is -2.49. The number of anilines is 1. The second-order valence-corrected chi connectivity index (χ2v) is 11.9. The van der Waals surface area contributed by atoms with Gasteiger partial charge >= 0.3 is 6.18 Å². The fraction of sp³-hybridized carbons (Fsp3) is 0.367. The van der Waals surface area contributed by atoms with E-state index < -0.39 is 33.9 Å². The molecule has 12 heteroatoms. The van der Waals surface area contributed by atoms with Crippen molar-refractivity contribution in [2.75, 3.05) is 50.8 Å². The number of rotatable bonds is 12. The first-order valence-electron chi connectivity index (χ1n) is 13.5. The minimum Gasteiger partial charge on any atom is -0.389 e. The van der Waals surface area contributed by atoms with Crippen LogP contribution in [-0.4, -0.2) is 76.5 Å². The number of alkyl halides is 3. The minimum atomic E-state index is -4.57. The molecule has 0 aliphatic carbocycles. The molecule has 2 N–H and O–H groups in total. The van der Waals surface area contributed by atoms with Gasteiger partial charge in [-0.05, 0) is 48.4 Å². The zero-order valence-electron chi connectivity index (χ0n) is 22.9. The lowest BCUT2D eigenvalue weighted by atomic mass is 10.1. The summed E-state index contributed by atoms with van der Waals surface area (Å²) in [5.41, 5.74) is 1.43. The number of para-hydroxylation sites is 1. The molecule has 1 aliphatic rings. The van der Waals surface area contributed by atoms with Crippen molar-refractivity contribution in [3.05, 3.63) is 95.6 Å². The molecule has 0 radical (unpaired) electrons. The number of aliphatic hydroxyl groups is 1. The largest absolute Gasteiger partial charge is 0.416 e. The van der Waals surface area contributed by atoms with Crippen LogP contribution in [0.3, 0.4) is 0 Å². The fourth-order valence-corrected chi connectivity index (χ4v) is 6.08.